The van der Waals surface area contributed by atoms with Crippen molar-refractivity contribution in [2.24, 2.45) is 0 Å². The number of aromatic hydroxyl groups is 5. The molecule has 0 saturated carbocycles. The molecule has 0 bridgehead atoms. The topological polar surface area (TPSA) is 296 Å². The second kappa shape index (κ2) is 15.5. The van der Waals surface area contributed by atoms with Crippen LogP contribution in [-0.2, 0) is 23.7 Å². The average Bonchev–Trinajstić information content (AvgIpc) is 3.13. The summed E-state index contributed by atoms with van der Waals surface area (Å²) in [7, 11) is 0. The second-order valence-electron chi connectivity index (χ2n) is 12.6. The third-order valence-electron chi connectivity index (χ3n) is 8.82. The van der Waals surface area contributed by atoms with Crippen molar-refractivity contribution in [1.29, 1.82) is 0 Å². The minimum atomic E-state index is -2.02. The van der Waals surface area contributed by atoms with Gasteiger partial charge in [0, 0.05) is 23.8 Å². The Morgan fingerprint density at radius 2 is 1.48 bits per heavy atom. The Hall–Kier alpha value is -5.44. The van der Waals surface area contributed by atoms with Crippen molar-refractivity contribution >= 4 is 23.0 Å². The molecule has 18 heteroatoms. The van der Waals surface area contributed by atoms with E-state index in [0.29, 0.717) is 5.56 Å². The number of carbonyl (C=O) groups is 1. The maximum absolute atomic E-state index is 14.0. The molecule has 6 rings (SSSR count). The van der Waals surface area contributed by atoms with Crippen LogP contribution in [-0.4, -0.2) is 125 Å². The standard InChI is InChI=1S/C36H36O18/c1-14-26(43)29(46)31(48)35(50-14)49-13-23-27(44)30(47)34(53-24(42)9-4-15-2-6-17(37)7-3-15)36(52-23)54-33-28(45)25-21(41)11-18(38)12-22(25)51-32(33)16-5-8-19(39)20(40)10-16/h2-12,14,23,26-27,29-31,34-41,43-44,46-48H,13H2,1H3/b9-4+/t14-,23+,26-,27+,29+,30-,31+,34+,35+,36-/m0/s1. The number of ether oxygens (including phenoxy) is 5. The highest BCUT2D eigenvalue weighted by Crippen LogP contribution is 2.40. The molecule has 0 radical (unpaired) electrons. The van der Waals surface area contributed by atoms with E-state index in [2.05, 4.69) is 0 Å². The zero-order valence-electron chi connectivity index (χ0n) is 28.1. The predicted octanol–water partition coefficient (Wildman–Crippen LogP) is 0.283. The lowest BCUT2D eigenvalue weighted by Gasteiger charge is -2.43. The number of benzene rings is 3. The SMILES string of the molecule is C[C@@H]1O[C@@H](OC[C@H]2O[C@@H](Oc3c(-c4ccc(O)c(O)c4)oc4cc(O)cc(O)c4c3=O)[C@H](OC(=O)/C=C/c3ccc(O)cc3)[C@@H](O)[C@@H]2O)[C@H](O)[C@H](O)[C@H]1O. The third-order valence-corrected chi connectivity index (χ3v) is 8.82. The second-order valence-corrected chi connectivity index (χ2v) is 12.6. The first-order chi connectivity index (χ1) is 25.6. The van der Waals surface area contributed by atoms with Crippen molar-refractivity contribution in [1.82, 2.24) is 0 Å². The Morgan fingerprint density at radius 3 is 2.19 bits per heavy atom. The molecule has 10 N–H and O–H groups in total. The van der Waals surface area contributed by atoms with E-state index in [0.717, 1.165) is 30.3 Å². The van der Waals surface area contributed by atoms with Gasteiger partial charge in [0.2, 0.25) is 17.5 Å². The van der Waals surface area contributed by atoms with Crippen molar-refractivity contribution in [3.05, 3.63) is 76.5 Å². The van der Waals surface area contributed by atoms with Crippen molar-refractivity contribution in [3.63, 3.8) is 0 Å². The summed E-state index contributed by atoms with van der Waals surface area (Å²) in [5.74, 6) is -4.71. The summed E-state index contributed by atoms with van der Waals surface area (Å²) in [5, 5.41) is 103. The van der Waals surface area contributed by atoms with Gasteiger partial charge in [0.05, 0.1) is 12.7 Å². The van der Waals surface area contributed by atoms with Gasteiger partial charge < -0.3 is 79.2 Å². The van der Waals surface area contributed by atoms with Crippen LogP contribution in [0.15, 0.2) is 69.9 Å². The molecule has 54 heavy (non-hydrogen) atoms. The van der Waals surface area contributed by atoms with E-state index in [1.807, 2.05) is 0 Å². The maximum atomic E-state index is 14.0. The number of phenolic OH excluding ortho intramolecular Hbond substituents is 5. The quantitative estimate of drug-likeness (QED) is 0.0623. The molecule has 3 aromatic carbocycles. The molecular formula is C36H36O18. The Morgan fingerprint density at radius 1 is 0.759 bits per heavy atom. The normalized spacial score (nSPS) is 28.6. The van der Waals surface area contributed by atoms with Crippen LogP contribution in [0.4, 0.5) is 0 Å². The van der Waals surface area contributed by atoms with Crippen LogP contribution in [0.3, 0.4) is 0 Å². The molecule has 1 aromatic heterocycles. The summed E-state index contributed by atoms with van der Waals surface area (Å²) in [5.41, 5.74) is -1.03. The van der Waals surface area contributed by atoms with Gasteiger partial charge in [-0.15, -0.1) is 0 Å². The molecule has 10 atom stereocenters. The summed E-state index contributed by atoms with van der Waals surface area (Å²) in [6.07, 6.45) is -14.5. The zero-order chi connectivity index (χ0) is 39.0. The number of hydrogen-bond acceptors (Lipinski definition) is 18. The first-order valence-electron chi connectivity index (χ1n) is 16.3. The maximum Gasteiger partial charge on any atom is 0.331 e. The third kappa shape index (κ3) is 7.77. The highest BCUT2D eigenvalue weighted by molar-refractivity contribution is 5.89. The van der Waals surface area contributed by atoms with Gasteiger partial charge in [0.15, 0.2) is 29.7 Å². The van der Waals surface area contributed by atoms with Gasteiger partial charge in [-0.1, -0.05) is 12.1 Å². The average molecular weight is 757 g/mol. The van der Waals surface area contributed by atoms with E-state index < -0.39 is 119 Å². The number of aliphatic hydroxyl groups is 5. The van der Waals surface area contributed by atoms with Gasteiger partial charge in [0.25, 0.3) is 0 Å². The molecule has 2 fully saturated rings. The van der Waals surface area contributed by atoms with Crippen LogP contribution in [0.2, 0.25) is 0 Å². The van der Waals surface area contributed by atoms with Gasteiger partial charge in [-0.2, -0.15) is 0 Å². The van der Waals surface area contributed by atoms with E-state index >= 15 is 0 Å². The number of fused-ring (bicyclic) bond motifs is 1. The van der Waals surface area contributed by atoms with E-state index in [-0.39, 0.29) is 16.9 Å². The van der Waals surface area contributed by atoms with Crippen LogP contribution in [0.1, 0.15) is 12.5 Å². The number of aliphatic hydroxyl groups excluding tert-OH is 5. The lowest BCUT2D eigenvalue weighted by molar-refractivity contribution is -0.319. The fourth-order valence-corrected chi connectivity index (χ4v) is 5.87. The first kappa shape index (κ1) is 38.3. The summed E-state index contributed by atoms with van der Waals surface area (Å²) in [4.78, 5) is 27.1. The van der Waals surface area contributed by atoms with Gasteiger partial charge in [-0.3, -0.25) is 4.79 Å². The monoisotopic (exact) mass is 756 g/mol. The molecule has 4 aromatic rings. The van der Waals surface area contributed by atoms with E-state index in [9.17, 15) is 60.7 Å². The Balaban J connectivity index is 1.38. The smallest absolute Gasteiger partial charge is 0.331 e. The fraction of sp³-hybridized carbons (Fsp3) is 0.333. The number of rotatable bonds is 9. The highest BCUT2D eigenvalue weighted by atomic mass is 16.7. The molecule has 288 valence electrons. The van der Waals surface area contributed by atoms with E-state index in [1.54, 1.807) is 0 Å². The lowest BCUT2D eigenvalue weighted by atomic mass is 9.98. The van der Waals surface area contributed by atoms with Crippen LogP contribution in [0.25, 0.3) is 28.4 Å². The molecule has 0 amide bonds. The summed E-state index contributed by atoms with van der Waals surface area (Å²) in [6.45, 7) is 0.728. The Kier molecular flexibility index (Phi) is 11.0. The van der Waals surface area contributed by atoms with Gasteiger partial charge in [0.1, 0.15) is 64.8 Å². The van der Waals surface area contributed by atoms with Crippen LogP contribution < -0.4 is 10.2 Å². The molecule has 18 nitrogen and oxygen atoms in total. The predicted molar refractivity (Wildman–Crippen MR) is 181 cm³/mol. The van der Waals surface area contributed by atoms with Gasteiger partial charge in [-0.05, 0) is 48.9 Å². The zero-order valence-corrected chi connectivity index (χ0v) is 28.1. The molecule has 2 aliphatic heterocycles. The summed E-state index contributed by atoms with van der Waals surface area (Å²) < 4.78 is 34.2. The Labute approximate surface area is 304 Å². The molecule has 2 saturated heterocycles. The van der Waals surface area contributed by atoms with E-state index in [4.69, 9.17) is 28.1 Å². The van der Waals surface area contributed by atoms with E-state index in [1.165, 1.54) is 43.3 Å². The molecule has 2 aliphatic rings. The molecule has 0 unspecified atom stereocenters. The van der Waals surface area contributed by atoms with Crippen LogP contribution in [0.5, 0.6) is 34.5 Å². The molecular weight excluding hydrogens is 720 g/mol. The number of phenols is 5. The van der Waals surface area contributed by atoms with Crippen LogP contribution in [0, 0.1) is 0 Å². The molecule has 3 heterocycles. The van der Waals surface area contributed by atoms with Gasteiger partial charge >= 0.3 is 5.97 Å². The minimum absolute atomic E-state index is 0.0253. The lowest BCUT2D eigenvalue weighted by Crippen LogP contribution is -2.62. The first-order valence-corrected chi connectivity index (χ1v) is 16.3. The Bertz CT molecular complexity index is 2080. The number of carbonyl (C=O) groups excluding carboxylic acids is 1. The summed E-state index contributed by atoms with van der Waals surface area (Å²) >= 11 is 0. The van der Waals surface area contributed by atoms with Crippen molar-refractivity contribution in [2.45, 2.75) is 68.3 Å². The van der Waals surface area contributed by atoms with Gasteiger partial charge in [-0.25, -0.2) is 4.79 Å². The largest absolute Gasteiger partial charge is 0.508 e. The van der Waals surface area contributed by atoms with Crippen molar-refractivity contribution in [2.75, 3.05) is 6.61 Å². The molecule has 0 aliphatic carbocycles. The van der Waals surface area contributed by atoms with Crippen LogP contribution >= 0.6 is 0 Å². The fourth-order valence-electron chi connectivity index (χ4n) is 5.87. The highest BCUT2D eigenvalue weighted by Gasteiger charge is 2.50. The van der Waals surface area contributed by atoms with Crippen molar-refractivity contribution in [3.8, 4) is 45.8 Å². The number of hydrogen-bond donors (Lipinski definition) is 10. The minimum Gasteiger partial charge on any atom is -0.508 e. The summed E-state index contributed by atoms with van der Waals surface area (Å²) in [6, 6.07) is 10.9. The molecule has 0 spiro atoms. The van der Waals surface area contributed by atoms with Crippen molar-refractivity contribution < 1.29 is 84.0 Å². The number of esters is 1.